The van der Waals surface area contributed by atoms with Gasteiger partial charge >= 0.3 is 0 Å². The average Bonchev–Trinajstić information content (AvgIpc) is 3.12. The van der Waals surface area contributed by atoms with Crippen LogP contribution in [-0.4, -0.2) is 15.9 Å². The Hall–Kier alpha value is -3.15. The molecule has 2 heterocycles. The van der Waals surface area contributed by atoms with Crippen LogP contribution in [-0.2, 0) is 13.1 Å². The number of rotatable bonds is 6. The van der Waals surface area contributed by atoms with Gasteiger partial charge in [0.05, 0.1) is 18.4 Å². The van der Waals surface area contributed by atoms with Gasteiger partial charge in [-0.2, -0.15) is 0 Å². The minimum Gasteiger partial charge on any atom is -0.467 e. The number of aromatic nitrogens is 2. The monoisotopic (exact) mass is 322 g/mol. The summed E-state index contributed by atoms with van der Waals surface area (Å²) in [4.78, 5) is 20.4. The molecule has 0 aliphatic heterocycles. The van der Waals surface area contributed by atoms with E-state index in [0.717, 1.165) is 5.56 Å². The number of hydrogen-bond acceptors (Lipinski definition) is 5. The molecule has 6 nitrogen and oxygen atoms in total. The largest absolute Gasteiger partial charge is 0.467 e. The van der Waals surface area contributed by atoms with E-state index in [-0.39, 0.29) is 5.91 Å². The van der Waals surface area contributed by atoms with Crippen molar-refractivity contribution in [2.24, 2.45) is 0 Å². The molecule has 0 aliphatic rings. The summed E-state index contributed by atoms with van der Waals surface area (Å²) in [6.07, 6.45) is 4.57. The molecule has 0 saturated heterocycles. The summed E-state index contributed by atoms with van der Waals surface area (Å²) in [5.74, 6) is 0.941. The average molecular weight is 322 g/mol. The summed E-state index contributed by atoms with van der Waals surface area (Å²) < 4.78 is 5.17. The maximum atomic E-state index is 12.0. The predicted octanol–water partition coefficient (Wildman–Crippen LogP) is 2.92. The fourth-order valence-electron chi connectivity index (χ4n) is 2.22. The highest BCUT2D eigenvalue weighted by Gasteiger charge is 2.07. The van der Waals surface area contributed by atoms with Crippen molar-refractivity contribution in [3.63, 3.8) is 0 Å². The predicted molar refractivity (Wildman–Crippen MR) is 90.4 cm³/mol. The Labute approximate surface area is 140 Å². The summed E-state index contributed by atoms with van der Waals surface area (Å²) in [6.45, 7) is 3.01. The van der Waals surface area contributed by atoms with Crippen molar-refractivity contribution in [1.29, 1.82) is 0 Å². The lowest BCUT2D eigenvalue weighted by molar-refractivity contribution is 0.0947. The van der Waals surface area contributed by atoms with Gasteiger partial charge in [-0.1, -0.05) is 29.8 Å². The molecule has 0 aliphatic carbocycles. The van der Waals surface area contributed by atoms with Crippen LogP contribution >= 0.6 is 0 Å². The van der Waals surface area contributed by atoms with E-state index in [2.05, 4.69) is 39.7 Å². The highest BCUT2D eigenvalue weighted by molar-refractivity contribution is 5.93. The zero-order chi connectivity index (χ0) is 16.8. The second-order valence-electron chi connectivity index (χ2n) is 5.40. The van der Waals surface area contributed by atoms with E-state index in [1.54, 1.807) is 18.4 Å². The van der Waals surface area contributed by atoms with Gasteiger partial charge in [-0.05, 0) is 24.6 Å². The molecule has 1 aromatic carbocycles. The SMILES string of the molecule is Cc1cccc(CNc2ncc(C(=O)NCc3ccco3)cn2)c1. The van der Waals surface area contributed by atoms with Crippen molar-refractivity contribution in [1.82, 2.24) is 15.3 Å². The summed E-state index contributed by atoms with van der Waals surface area (Å²) in [7, 11) is 0. The summed E-state index contributed by atoms with van der Waals surface area (Å²) >= 11 is 0. The number of anilines is 1. The van der Waals surface area contributed by atoms with E-state index in [0.29, 0.717) is 30.4 Å². The van der Waals surface area contributed by atoms with E-state index >= 15 is 0 Å². The van der Waals surface area contributed by atoms with Crippen molar-refractivity contribution < 1.29 is 9.21 Å². The van der Waals surface area contributed by atoms with E-state index in [4.69, 9.17) is 4.42 Å². The number of furan rings is 1. The van der Waals surface area contributed by atoms with Crippen LogP contribution in [0.2, 0.25) is 0 Å². The molecule has 0 atom stereocenters. The Morgan fingerprint density at radius 3 is 2.67 bits per heavy atom. The van der Waals surface area contributed by atoms with Crippen LogP contribution in [0.15, 0.2) is 59.5 Å². The van der Waals surface area contributed by atoms with Crippen LogP contribution in [0.5, 0.6) is 0 Å². The Morgan fingerprint density at radius 2 is 1.96 bits per heavy atom. The molecule has 0 radical (unpaired) electrons. The molecule has 6 heteroatoms. The first-order valence-electron chi connectivity index (χ1n) is 7.63. The van der Waals surface area contributed by atoms with Crippen LogP contribution < -0.4 is 10.6 Å². The van der Waals surface area contributed by atoms with E-state index in [1.165, 1.54) is 18.0 Å². The number of amides is 1. The topological polar surface area (TPSA) is 80.0 Å². The van der Waals surface area contributed by atoms with Gasteiger partial charge in [0.2, 0.25) is 5.95 Å². The van der Waals surface area contributed by atoms with Gasteiger partial charge in [0.15, 0.2) is 0 Å². The first kappa shape index (κ1) is 15.7. The molecule has 0 spiro atoms. The van der Waals surface area contributed by atoms with Gasteiger partial charge in [0.25, 0.3) is 5.91 Å². The number of aryl methyl sites for hydroxylation is 1. The molecule has 3 rings (SSSR count). The van der Waals surface area contributed by atoms with Crippen LogP contribution in [0.1, 0.15) is 27.2 Å². The maximum absolute atomic E-state index is 12.0. The fraction of sp³-hybridized carbons (Fsp3) is 0.167. The van der Waals surface area contributed by atoms with Gasteiger partial charge in [0.1, 0.15) is 5.76 Å². The molecule has 0 bridgehead atoms. The number of carbonyl (C=O) groups is 1. The number of hydrogen-bond donors (Lipinski definition) is 2. The lowest BCUT2D eigenvalue weighted by Gasteiger charge is -2.07. The smallest absolute Gasteiger partial charge is 0.254 e. The standard InChI is InChI=1S/C18H18N4O2/c1-13-4-2-5-14(8-13)9-20-18-21-10-15(11-22-18)17(23)19-12-16-6-3-7-24-16/h2-8,10-11H,9,12H2,1H3,(H,19,23)(H,20,21,22). The number of benzene rings is 1. The second-order valence-corrected chi connectivity index (χ2v) is 5.40. The summed E-state index contributed by atoms with van der Waals surface area (Å²) in [5, 5.41) is 5.89. The Morgan fingerprint density at radius 1 is 1.12 bits per heavy atom. The number of nitrogens with zero attached hydrogens (tertiary/aromatic N) is 2. The molecule has 122 valence electrons. The Bertz CT molecular complexity index is 798. The minimum atomic E-state index is -0.239. The molecule has 24 heavy (non-hydrogen) atoms. The lowest BCUT2D eigenvalue weighted by atomic mass is 10.1. The first-order valence-corrected chi connectivity index (χ1v) is 7.63. The second kappa shape index (κ2) is 7.41. The zero-order valence-corrected chi connectivity index (χ0v) is 13.3. The fourth-order valence-corrected chi connectivity index (χ4v) is 2.22. The molecule has 3 aromatic rings. The highest BCUT2D eigenvalue weighted by Crippen LogP contribution is 2.07. The van der Waals surface area contributed by atoms with Crippen molar-refractivity contribution in [3.05, 3.63) is 77.5 Å². The third-order valence-corrected chi connectivity index (χ3v) is 3.45. The zero-order valence-electron chi connectivity index (χ0n) is 13.3. The highest BCUT2D eigenvalue weighted by atomic mass is 16.3. The molecule has 2 N–H and O–H groups in total. The maximum Gasteiger partial charge on any atom is 0.254 e. The first-order chi connectivity index (χ1) is 11.7. The Kier molecular flexibility index (Phi) is 4.86. The van der Waals surface area contributed by atoms with Gasteiger partial charge in [-0.3, -0.25) is 4.79 Å². The molecule has 0 unspecified atom stereocenters. The van der Waals surface area contributed by atoms with E-state index < -0.39 is 0 Å². The quantitative estimate of drug-likeness (QED) is 0.729. The normalized spacial score (nSPS) is 10.4. The van der Waals surface area contributed by atoms with Gasteiger partial charge < -0.3 is 15.1 Å². The third-order valence-electron chi connectivity index (χ3n) is 3.45. The van der Waals surface area contributed by atoms with Crippen molar-refractivity contribution >= 4 is 11.9 Å². The van der Waals surface area contributed by atoms with Crippen molar-refractivity contribution in [3.8, 4) is 0 Å². The van der Waals surface area contributed by atoms with Crippen LogP contribution in [0.3, 0.4) is 0 Å². The number of carbonyl (C=O) groups excluding carboxylic acids is 1. The van der Waals surface area contributed by atoms with Crippen LogP contribution in [0, 0.1) is 6.92 Å². The molecule has 0 fully saturated rings. The minimum absolute atomic E-state index is 0.239. The van der Waals surface area contributed by atoms with E-state index in [9.17, 15) is 4.79 Å². The molecular weight excluding hydrogens is 304 g/mol. The van der Waals surface area contributed by atoms with E-state index in [1.807, 2.05) is 12.1 Å². The molecule has 0 saturated carbocycles. The van der Waals surface area contributed by atoms with Crippen molar-refractivity contribution in [2.75, 3.05) is 5.32 Å². The molecular formula is C18H18N4O2. The van der Waals surface area contributed by atoms with Crippen molar-refractivity contribution in [2.45, 2.75) is 20.0 Å². The van der Waals surface area contributed by atoms with Gasteiger partial charge in [-0.25, -0.2) is 9.97 Å². The molecule has 2 aromatic heterocycles. The third kappa shape index (κ3) is 4.19. The van der Waals surface area contributed by atoms with Gasteiger partial charge in [-0.15, -0.1) is 0 Å². The van der Waals surface area contributed by atoms with Crippen LogP contribution in [0.4, 0.5) is 5.95 Å². The number of nitrogens with one attached hydrogen (secondary N) is 2. The summed E-state index contributed by atoms with van der Waals surface area (Å²) in [5.41, 5.74) is 2.76. The lowest BCUT2D eigenvalue weighted by Crippen LogP contribution is -2.23. The van der Waals surface area contributed by atoms with Crippen LogP contribution in [0.25, 0.3) is 0 Å². The summed E-state index contributed by atoms with van der Waals surface area (Å²) in [6, 6.07) is 11.8. The Balaban J connectivity index is 1.53. The molecule has 1 amide bonds. The van der Waals surface area contributed by atoms with Gasteiger partial charge in [0, 0.05) is 18.9 Å².